The summed E-state index contributed by atoms with van der Waals surface area (Å²) < 4.78 is 0. The van der Waals surface area contributed by atoms with Crippen LogP contribution in [0.3, 0.4) is 0 Å². The number of hydrogen-bond acceptors (Lipinski definition) is 5. The number of benzene rings is 2. The average molecular weight is 410 g/mol. The minimum absolute atomic E-state index is 0.207. The second-order valence-corrected chi connectivity index (χ2v) is 7.06. The molecule has 0 aliphatic carbocycles. The van der Waals surface area contributed by atoms with Gasteiger partial charge in [0.25, 0.3) is 0 Å². The molecule has 0 fully saturated rings. The van der Waals surface area contributed by atoms with Crippen molar-refractivity contribution >= 4 is 29.1 Å². The summed E-state index contributed by atoms with van der Waals surface area (Å²) in [4.78, 5) is 36.2. The number of carbonyl (C=O) groups excluding carboxylic acids is 1. The molecule has 0 radical (unpaired) electrons. The first kappa shape index (κ1) is 22.8. The van der Waals surface area contributed by atoms with Crippen LogP contribution in [0.4, 0.5) is 11.4 Å². The Labute approximate surface area is 175 Å². The summed E-state index contributed by atoms with van der Waals surface area (Å²) in [6.07, 6.45) is 2.66. The summed E-state index contributed by atoms with van der Waals surface area (Å²) >= 11 is 0. The topological polar surface area (TPSA) is 98.2 Å². The molecular formula is C23H26N2O5. The molecule has 1 aliphatic heterocycles. The second kappa shape index (κ2) is 10.9. The first-order valence-corrected chi connectivity index (χ1v) is 9.56. The molecule has 30 heavy (non-hydrogen) atoms. The predicted molar refractivity (Wildman–Crippen MR) is 116 cm³/mol. The molecule has 7 nitrogen and oxygen atoms in total. The molecule has 0 saturated heterocycles. The molecule has 0 aromatic heterocycles. The van der Waals surface area contributed by atoms with E-state index in [0.29, 0.717) is 18.6 Å². The molecule has 0 atom stereocenters. The van der Waals surface area contributed by atoms with E-state index in [-0.39, 0.29) is 5.78 Å². The zero-order valence-corrected chi connectivity index (χ0v) is 17.1. The van der Waals surface area contributed by atoms with Crippen LogP contribution in [0.1, 0.15) is 22.3 Å². The van der Waals surface area contributed by atoms with E-state index in [0.717, 1.165) is 36.3 Å². The standard InChI is InChI=1S/C19H22N2O.C4H4O4/c1-20(2)12-7-13-21-17-10-5-3-8-15(17)14-19(22)16-9-4-6-11-18(16)21;5-3(6)1-2-4(7)8/h3-6,8-11H,7,12-14H2,1-2H3;1-2H,(H,5,6)(H,7,8). The fourth-order valence-electron chi connectivity index (χ4n) is 3.19. The molecule has 2 aromatic rings. The molecule has 7 heteroatoms. The maximum Gasteiger partial charge on any atom is 0.328 e. The summed E-state index contributed by atoms with van der Waals surface area (Å²) in [7, 11) is 4.18. The van der Waals surface area contributed by atoms with Gasteiger partial charge in [-0.3, -0.25) is 4.79 Å². The van der Waals surface area contributed by atoms with Gasteiger partial charge in [0.2, 0.25) is 0 Å². The van der Waals surface area contributed by atoms with Crippen LogP contribution in [-0.4, -0.2) is 60.0 Å². The zero-order valence-electron chi connectivity index (χ0n) is 17.1. The summed E-state index contributed by atoms with van der Waals surface area (Å²) in [6, 6.07) is 16.2. The smallest absolute Gasteiger partial charge is 0.328 e. The summed E-state index contributed by atoms with van der Waals surface area (Å²) in [6.45, 7) is 1.95. The molecule has 2 N–H and O–H groups in total. The van der Waals surface area contributed by atoms with Gasteiger partial charge in [-0.05, 0) is 50.8 Å². The van der Waals surface area contributed by atoms with Crippen LogP contribution in [-0.2, 0) is 16.0 Å². The lowest BCUT2D eigenvalue weighted by Crippen LogP contribution is -2.24. The minimum Gasteiger partial charge on any atom is -0.478 e. The molecule has 0 bridgehead atoms. The maximum absolute atomic E-state index is 12.6. The van der Waals surface area contributed by atoms with Gasteiger partial charge in [0.05, 0.1) is 5.69 Å². The normalized spacial score (nSPS) is 12.6. The molecule has 0 amide bonds. The first-order chi connectivity index (χ1) is 14.3. The van der Waals surface area contributed by atoms with E-state index in [1.54, 1.807) is 0 Å². The van der Waals surface area contributed by atoms with Crippen molar-refractivity contribution in [2.24, 2.45) is 0 Å². The number of carbonyl (C=O) groups is 3. The summed E-state index contributed by atoms with van der Waals surface area (Å²) in [5.74, 6) is -2.31. The number of carboxylic acid groups (broad SMARTS) is 2. The van der Waals surface area contributed by atoms with Gasteiger partial charge in [-0.1, -0.05) is 30.3 Å². The SMILES string of the molecule is CN(C)CCCN1c2ccccc2CC(=O)c2ccccc21.O=C(O)C=CC(=O)O. The number of aliphatic carboxylic acids is 2. The van der Waals surface area contributed by atoms with E-state index in [1.807, 2.05) is 24.3 Å². The third kappa shape index (κ3) is 6.56. The predicted octanol–water partition coefficient (Wildman–Crippen LogP) is 3.23. The van der Waals surface area contributed by atoms with Crippen LogP contribution in [0.25, 0.3) is 0 Å². The Bertz CT molecular complexity index is 921. The van der Waals surface area contributed by atoms with Crippen molar-refractivity contribution in [1.82, 2.24) is 4.90 Å². The molecule has 1 heterocycles. The Kier molecular flexibility index (Phi) is 8.31. The highest BCUT2D eigenvalue weighted by Gasteiger charge is 2.24. The summed E-state index contributed by atoms with van der Waals surface area (Å²) in [5.41, 5.74) is 4.16. The number of Topliss-reactive ketones (excluding diaryl/α,β-unsaturated/α-hetero) is 1. The first-order valence-electron chi connectivity index (χ1n) is 9.56. The Morgan fingerprint density at radius 2 is 1.53 bits per heavy atom. The number of para-hydroxylation sites is 2. The Hall–Kier alpha value is -3.45. The third-order valence-electron chi connectivity index (χ3n) is 4.48. The lowest BCUT2D eigenvalue weighted by Gasteiger charge is -2.27. The molecule has 3 rings (SSSR count). The van der Waals surface area contributed by atoms with E-state index in [9.17, 15) is 14.4 Å². The average Bonchev–Trinajstić information content (AvgIpc) is 2.82. The minimum atomic E-state index is -1.26. The highest BCUT2D eigenvalue weighted by atomic mass is 16.4. The van der Waals surface area contributed by atoms with Gasteiger partial charge in [-0.15, -0.1) is 0 Å². The molecule has 0 unspecified atom stereocenters. The number of fused-ring (bicyclic) bond motifs is 2. The number of rotatable bonds is 6. The van der Waals surface area contributed by atoms with Crippen LogP contribution >= 0.6 is 0 Å². The number of hydrogen-bond donors (Lipinski definition) is 2. The molecular weight excluding hydrogens is 384 g/mol. The van der Waals surface area contributed by atoms with Crippen LogP contribution in [0, 0.1) is 0 Å². The quantitative estimate of drug-likeness (QED) is 0.706. The van der Waals surface area contributed by atoms with Crippen molar-refractivity contribution in [3.8, 4) is 0 Å². The van der Waals surface area contributed by atoms with E-state index < -0.39 is 11.9 Å². The third-order valence-corrected chi connectivity index (χ3v) is 4.48. The van der Waals surface area contributed by atoms with Crippen molar-refractivity contribution < 1.29 is 24.6 Å². The van der Waals surface area contributed by atoms with Gasteiger partial charge >= 0.3 is 11.9 Å². The Balaban J connectivity index is 0.000000343. The fraction of sp³-hybridized carbons (Fsp3) is 0.261. The molecule has 2 aromatic carbocycles. The lowest BCUT2D eigenvalue weighted by atomic mass is 10.0. The Morgan fingerprint density at radius 1 is 0.967 bits per heavy atom. The van der Waals surface area contributed by atoms with Crippen molar-refractivity contribution in [3.63, 3.8) is 0 Å². The van der Waals surface area contributed by atoms with Crippen molar-refractivity contribution in [2.75, 3.05) is 32.1 Å². The van der Waals surface area contributed by atoms with E-state index in [2.05, 4.69) is 48.2 Å². The van der Waals surface area contributed by atoms with Crippen LogP contribution in [0.15, 0.2) is 60.7 Å². The maximum atomic E-state index is 12.6. The number of ketones is 1. The van der Waals surface area contributed by atoms with Crippen molar-refractivity contribution in [2.45, 2.75) is 12.8 Å². The highest BCUT2D eigenvalue weighted by Crippen LogP contribution is 2.35. The lowest BCUT2D eigenvalue weighted by molar-refractivity contribution is -0.134. The van der Waals surface area contributed by atoms with E-state index >= 15 is 0 Å². The second-order valence-electron chi connectivity index (χ2n) is 7.06. The van der Waals surface area contributed by atoms with E-state index in [1.165, 1.54) is 5.69 Å². The number of anilines is 2. The van der Waals surface area contributed by atoms with Crippen molar-refractivity contribution in [3.05, 3.63) is 71.8 Å². The molecule has 1 aliphatic rings. The van der Waals surface area contributed by atoms with Gasteiger partial charge in [0.1, 0.15) is 0 Å². The van der Waals surface area contributed by atoms with Crippen LogP contribution in [0.2, 0.25) is 0 Å². The van der Waals surface area contributed by atoms with Crippen molar-refractivity contribution in [1.29, 1.82) is 0 Å². The summed E-state index contributed by atoms with van der Waals surface area (Å²) in [5, 5.41) is 15.6. The molecule has 158 valence electrons. The van der Waals surface area contributed by atoms with E-state index in [4.69, 9.17) is 10.2 Å². The van der Waals surface area contributed by atoms with Crippen LogP contribution in [0.5, 0.6) is 0 Å². The highest BCUT2D eigenvalue weighted by molar-refractivity contribution is 6.05. The molecule has 0 spiro atoms. The van der Waals surface area contributed by atoms with Gasteiger partial charge in [0, 0.05) is 36.4 Å². The van der Waals surface area contributed by atoms with Gasteiger partial charge in [0.15, 0.2) is 5.78 Å². The van der Waals surface area contributed by atoms with Crippen LogP contribution < -0.4 is 4.90 Å². The van der Waals surface area contributed by atoms with Gasteiger partial charge in [-0.2, -0.15) is 0 Å². The Morgan fingerprint density at radius 3 is 2.13 bits per heavy atom. The largest absolute Gasteiger partial charge is 0.478 e. The number of carboxylic acids is 2. The fourth-order valence-corrected chi connectivity index (χ4v) is 3.19. The van der Waals surface area contributed by atoms with Gasteiger partial charge < -0.3 is 20.0 Å². The zero-order chi connectivity index (χ0) is 22.1. The molecule has 0 saturated carbocycles. The number of nitrogens with zero attached hydrogens (tertiary/aromatic N) is 2. The van der Waals surface area contributed by atoms with Gasteiger partial charge in [-0.25, -0.2) is 9.59 Å². The monoisotopic (exact) mass is 410 g/mol.